The summed E-state index contributed by atoms with van der Waals surface area (Å²) in [6.07, 6.45) is -1.06. The van der Waals surface area contributed by atoms with E-state index in [0.29, 0.717) is 44.7 Å². The summed E-state index contributed by atoms with van der Waals surface area (Å²) in [5.41, 5.74) is -0.523. The molecule has 1 N–H and O–H groups in total. The van der Waals surface area contributed by atoms with E-state index in [0.717, 1.165) is 12.1 Å². The third-order valence-electron chi connectivity index (χ3n) is 5.27. The molecule has 0 aliphatic heterocycles. The van der Waals surface area contributed by atoms with Gasteiger partial charge in [-0.2, -0.15) is 18.3 Å². The summed E-state index contributed by atoms with van der Waals surface area (Å²) >= 11 is 0. The van der Waals surface area contributed by atoms with Crippen LogP contribution < -0.4 is 5.32 Å². The van der Waals surface area contributed by atoms with Crippen molar-refractivity contribution >= 4 is 17.5 Å². The summed E-state index contributed by atoms with van der Waals surface area (Å²) in [5, 5.41) is 6.94. The van der Waals surface area contributed by atoms with Crippen molar-refractivity contribution in [2.45, 2.75) is 44.3 Å². The summed E-state index contributed by atoms with van der Waals surface area (Å²) in [6, 6.07) is 6.44. The number of carbonyl (C=O) groups excluding carboxylic acids is 2. The first-order valence-corrected chi connectivity index (χ1v) is 9.78. The van der Waals surface area contributed by atoms with Crippen molar-refractivity contribution in [2.75, 3.05) is 19.0 Å². The first kappa shape index (κ1) is 22.0. The van der Waals surface area contributed by atoms with Gasteiger partial charge in [-0.25, -0.2) is 0 Å². The zero-order valence-corrected chi connectivity index (χ0v) is 16.6. The minimum absolute atomic E-state index is 0.0259. The second-order valence-corrected chi connectivity index (χ2v) is 7.51. The van der Waals surface area contributed by atoms with Gasteiger partial charge >= 0.3 is 6.18 Å². The van der Waals surface area contributed by atoms with Gasteiger partial charge in [-0.1, -0.05) is 18.2 Å². The molecule has 1 aromatic carbocycles. The molecule has 1 aliphatic carbocycles. The van der Waals surface area contributed by atoms with Gasteiger partial charge in [-0.3, -0.25) is 14.3 Å². The molecule has 30 heavy (non-hydrogen) atoms. The van der Waals surface area contributed by atoms with Crippen LogP contribution in [-0.4, -0.2) is 35.2 Å². The first-order chi connectivity index (χ1) is 14.3. The Hall–Kier alpha value is -2.68. The number of aromatic nitrogens is 2. The molecule has 2 atom stereocenters. The molecule has 1 saturated carbocycles. The van der Waals surface area contributed by atoms with E-state index in [-0.39, 0.29) is 17.3 Å². The topological polar surface area (TPSA) is 73.2 Å². The molecule has 162 valence electrons. The van der Waals surface area contributed by atoms with Crippen molar-refractivity contribution in [2.24, 2.45) is 5.92 Å². The lowest BCUT2D eigenvalue weighted by molar-refractivity contribution is -0.137. The monoisotopic (exact) mass is 423 g/mol. The van der Waals surface area contributed by atoms with Gasteiger partial charge in [-0.05, 0) is 30.4 Å². The lowest BCUT2D eigenvalue weighted by Gasteiger charge is -2.21. The van der Waals surface area contributed by atoms with Gasteiger partial charge in [0.15, 0.2) is 5.82 Å². The number of nitrogens with zero attached hydrogens (tertiary/aromatic N) is 2. The molecule has 1 aliphatic rings. The van der Waals surface area contributed by atoms with Gasteiger partial charge in [0, 0.05) is 32.2 Å². The van der Waals surface area contributed by atoms with E-state index in [9.17, 15) is 22.8 Å². The van der Waals surface area contributed by atoms with Gasteiger partial charge < -0.3 is 10.1 Å². The quantitative estimate of drug-likeness (QED) is 0.696. The Bertz CT molecular complexity index is 895. The van der Waals surface area contributed by atoms with Crippen molar-refractivity contribution in [3.8, 4) is 0 Å². The number of hydrogen-bond donors (Lipinski definition) is 1. The van der Waals surface area contributed by atoms with Crippen LogP contribution in [0.25, 0.3) is 0 Å². The molecule has 0 radical (unpaired) electrons. The second-order valence-electron chi connectivity index (χ2n) is 7.51. The van der Waals surface area contributed by atoms with Crippen LogP contribution in [-0.2, 0) is 27.0 Å². The molecule has 6 nitrogen and oxygen atoms in total. The average Bonchev–Trinajstić information content (AvgIpc) is 3.32. The molecule has 3 rings (SSSR count). The number of amides is 1. The second kappa shape index (κ2) is 9.42. The highest BCUT2D eigenvalue weighted by Gasteiger charge is 2.34. The molecule has 1 heterocycles. The maximum atomic E-state index is 13.2. The number of hydrogen-bond acceptors (Lipinski definition) is 4. The molecule has 0 bridgehead atoms. The first-order valence-electron chi connectivity index (χ1n) is 9.78. The maximum Gasteiger partial charge on any atom is 0.416 e. The van der Waals surface area contributed by atoms with E-state index in [4.69, 9.17) is 4.74 Å². The van der Waals surface area contributed by atoms with Gasteiger partial charge in [-0.15, -0.1) is 0 Å². The Balaban J connectivity index is 1.81. The summed E-state index contributed by atoms with van der Waals surface area (Å²) in [5.74, 6) is -0.837. The number of methoxy groups -OCH3 is 1. The molecule has 1 aromatic heterocycles. The number of anilines is 1. The maximum absolute atomic E-state index is 13.2. The van der Waals surface area contributed by atoms with E-state index in [1.807, 2.05) is 0 Å². The Morgan fingerprint density at radius 1 is 1.37 bits per heavy atom. The number of halogens is 3. The summed E-state index contributed by atoms with van der Waals surface area (Å²) < 4.78 is 46.1. The van der Waals surface area contributed by atoms with Gasteiger partial charge in [0.1, 0.15) is 5.78 Å². The third-order valence-corrected chi connectivity index (χ3v) is 5.27. The van der Waals surface area contributed by atoms with Crippen molar-refractivity contribution in [1.29, 1.82) is 0 Å². The van der Waals surface area contributed by atoms with Crippen molar-refractivity contribution in [3.63, 3.8) is 0 Å². The highest BCUT2D eigenvalue weighted by Crippen LogP contribution is 2.36. The predicted molar refractivity (Wildman–Crippen MR) is 104 cm³/mol. The normalized spacial score (nSPS) is 17.9. The number of ketones is 1. The lowest BCUT2D eigenvalue weighted by Crippen LogP contribution is -2.24. The largest absolute Gasteiger partial charge is 0.416 e. The van der Waals surface area contributed by atoms with Crippen LogP contribution >= 0.6 is 0 Å². The van der Waals surface area contributed by atoms with Crippen molar-refractivity contribution in [3.05, 3.63) is 47.7 Å². The summed E-state index contributed by atoms with van der Waals surface area (Å²) in [4.78, 5) is 24.7. The molecular weight excluding hydrogens is 399 g/mol. The van der Waals surface area contributed by atoms with E-state index in [1.54, 1.807) is 24.1 Å². The van der Waals surface area contributed by atoms with Crippen LogP contribution in [0.15, 0.2) is 36.5 Å². The van der Waals surface area contributed by atoms with E-state index < -0.39 is 23.6 Å². The molecule has 9 heteroatoms. The smallest absolute Gasteiger partial charge is 0.383 e. The van der Waals surface area contributed by atoms with Gasteiger partial charge in [0.05, 0.1) is 24.6 Å². The molecule has 2 aromatic rings. The number of alkyl halides is 3. The van der Waals surface area contributed by atoms with Crippen LogP contribution in [0.5, 0.6) is 0 Å². The number of benzene rings is 1. The Morgan fingerprint density at radius 3 is 2.83 bits per heavy atom. The highest BCUT2D eigenvalue weighted by molar-refractivity contribution is 5.95. The molecule has 1 fully saturated rings. The standard InChI is InChI=1S/C21H24F3N3O3/c1-30-10-9-27-8-7-19(26-27)25-20(29)18(12-14-5-6-17(28)11-14)15-3-2-4-16(13-15)21(22,23)24/h2-4,7-8,13-14,18H,5-6,9-12H2,1H3,(H,25,26,29)/t14-,18+/m0/s1. The third kappa shape index (κ3) is 5.69. The van der Waals surface area contributed by atoms with Crippen LogP contribution in [0.4, 0.5) is 19.0 Å². The lowest BCUT2D eigenvalue weighted by atomic mass is 9.86. The zero-order chi connectivity index (χ0) is 21.7. The molecule has 1 amide bonds. The molecule has 0 spiro atoms. The number of carbonyl (C=O) groups is 2. The van der Waals surface area contributed by atoms with Crippen molar-refractivity contribution in [1.82, 2.24) is 9.78 Å². The fraction of sp³-hybridized carbons (Fsp3) is 0.476. The Kier molecular flexibility index (Phi) is 6.91. The van der Waals surface area contributed by atoms with Crippen LogP contribution in [0.3, 0.4) is 0 Å². The summed E-state index contributed by atoms with van der Waals surface area (Å²) in [6.45, 7) is 0.964. The SMILES string of the molecule is COCCn1ccc(NC(=O)[C@H](C[C@H]2CCC(=O)C2)c2cccc(C(F)(F)F)c2)n1. The van der Waals surface area contributed by atoms with Gasteiger partial charge in [0.25, 0.3) is 0 Å². The number of Topliss-reactive ketones (excluding diaryl/α,β-unsaturated/α-hetero) is 1. The van der Waals surface area contributed by atoms with Gasteiger partial charge in [0.2, 0.25) is 5.91 Å². The fourth-order valence-corrected chi connectivity index (χ4v) is 3.70. The number of rotatable bonds is 8. The Morgan fingerprint density at radius 2 is 2.17 bits per heavy atom. The number of ether oxygens (including phenoxy) is 1. The molecule has 0 unspecified atom stereocenters. The van der Waals surface area contributed by atoms with Crippen LogP contribution in [0.1, 0.15) is 42.7 Å². The highest BCUT2D eigenvalue weighted by atomic mass is 19.4. The van der Waals surface area contributed by atoms with E-state index >= 15 is 0 Å². The fourth-order valence-electron chi connectivity index (χ4n) is 3.70. The van der Waals surface area contributed by atoms with E-state index in [1.165, 1.54) is 12.1 Å². The minimum Gasteiger partial charge on any atom is -0.383 e. The number of nitrogens with one attached hydrogen (secondary N) is 1. The average molecular weight is 423 g/mol. The van der Waals surface area contributed by atoms with Crippen LogP contribution in [0.2, 0.25) is 0 Å². The van der Waals surface area contributed by atoms with E-state index in [2.05, 4.69) is 10.4 Å². The van der Waals surface area contributed by atoms with Crippen molar-refractivity contribution < 1.29 is 27.5 Å². The summed E-state index contributed by atoms with van der Waals surface area (Å²) in [7, 11) is 1.57. The molecule has 0 saturated heterocycles. The Labute approximate surface area is 172 Å². The van der Waals surface area contributed by atoms with Crippen LogP contribution in [0, 0.1) is 5.92 Å². The zero-order valence-electron chi connectivity index (χ0n) is 16.6. The molecular formula is C21H24F3N3O3. The predicted octanol–water partition coefficient (Wildman–Crippen LogP) is 4.03. The minimum atomic E-state index is -4.50.